The number of rotatable bonds is 4. The van der Waals surface area contributed by atoms with Crippen LogP contribution in [0.4, 0.5) is 0 Å². The molecule has 0 unspecified atom stereocenters. The Morgan fingerprint density at radius 1 is 0.909 bits per heavy atom. The Labute approximate surface area is 128 Å². The molecule has 4 nitrogen and oxygen atoms in total. The van der Waals surface area contributed by atoms with Crippen LogP contribution in [-0.2, 0) is 9.53 Å². The Morgan fingerprint density at radius 3 is 1.86 bits per heavy atom. The van der Waals surface area contributed by atoms with Gasteiger partial charge >= 0.3 is 5.97 Å². The highest BCUT2D eigenvalue weighted by Gasteiger charge is 2.24. The fourth-order valence-corrected chi connectivity index (χ4v) is 2.03. The number of nitriles is 1. The highest BCUT2D eigenvalue weighted by Crippen LogP contribution is 2.24. The molecule has 2 aromatic rings. The fraction of sp³-hybridized carbons (Fsp3) is 0.0556. The first-order valence-electron chi connectivity index (χ1n) is 6.57. The van der Waals surface area contributed by atoms with Gasteiger partial charge in [-0.15, -0.1) is 0 Å². The second-order valence-electron chi connectivity index (χ2n) is 4.41. The number of ether oxygens (including phenoxy) is 1. The van der Waals surface area contributed by atoms with E-state index in [1.54, 1.807) is 66.7 Å². The quantitative estimate of drug-likeness (QED) is 0.376. The van der Waals surface area contributed by atoms with E-state index >= 15 is 0 Å². The summed E-state index contributed by atoms with van der Waals surface area (Å²) >= 11 is 0. The third-order valence-corrected chi connectivity index (χ3v) is 3.08. The molecule has 0 fully saturated rings. The summed E-state index contributed by atoms with van der Waals surface area (Å²) in [7, 11) is 1.18. The fourth-order valence-electron chi connectivity index (χ4n) is 2.03. The van der Waals surface area contributed by atoms with Gasteiger partial charge < -0.3 is 4.74 Å². The normalized spacial score (nSPS) is 11.1. The molecule has 4 heteroatoms. The van der Waals surface area contributed by atoms with E-state index in [-0.39, 0.29) is 11.1 Å². The number of ketones is 1. The third kappa shape index (κ3) is 3.10. The molecule has 0 atom stereocenters. The lowest BCUT2D eigenvalue weighted by atomic mass is 9.92. The van der Waals surface area contributed by atoms with Gasteiger partial charge in [-0.25, -0.2) is 4.79 Å². The number of Topliss-reactive ketones (excluding diaryl/α,β-unsaturated/α-hetero) is 1. The van der Waals surface area contributed by atoms with Crippen LogP contribution in [0.15, 0.2) is 66.2 Å². The van der Waals surface area contributed by atoms with E-state index in [1.165, 1.54) is 7.11 Å². The first-order valence-corrected chi connectivity index (χ1v) is 6.57. The number of benzene rings is 2. The van der Waals surface area contributed by atoms with Crippen molar-refractivity contribution in [2.24, 2.45) is 0 Å². The maximum Gasteiger partial charge on any atom is 0.349 e. The average molecular weight is 291 g/mol. The molecule has 2 aromatic carbocycles. The molecule has 0 amide bonds. The molecule has 0 aliphatic carbocycles. The maximum atomic E-state index is 12.7. The molecule has 0 spiro atoms. The van der Waals surface area contributed by atoms with Gasteiger partial charge in [0.25, 0.3) is 0 Å². The number of methoxy groups -OCH3 is 1. The van der Waals surface area contributed by atoms with Crippen LogP contribution < -0.4 is 0 Å². The summed E-state index contributed by atoms with van der Waals surface area (Å²) in [5, 5.41) is 9.29. The highest BCUT2D eigenvalue weighted by molar-refractivity contribution is 6.33. The lowest BCUT2D eigenvalue weighted by Gasteiger charge is -2.09. The van der Waals surface area contributed by atoms with Crippen molar-refractivity contribution >= 4 is 17.3 Å². The van der Waals surface area contributed by atoms with Crippen LogP contribution in [-0.4, -0.2) is 18.9 Å². The molecule has 0 N–H and O–H groups in total. The van der Waals surface area contributed by atoms with E-state index in [4.69, 9.17) is 0 Å². The summed E-state index contributed by atoms with van der Waals surface area (Å²) in [6.07, 6.45) is 0. The Bertz CT molecular complexity index is 756. The molecule has 0 heterocycles. The summed E-state index contributed by atoms with van der Waals surface area (Å²) in [6.45, 7) is 0. The SMILES string of the molecule is COC(=O)/C(C#N)=C(/C(=O)c1ccccc1)c1ccccc1. The van der Waals surface area contributed by atoms with Gasteiger partial charge in [-0.05, 0) is 5.56 Å². The molecule has 0 bridgehead atoms. The average Bonchev–Trinajstić information content (AvgIpc) is 2.60. The zero-order valence-corrected chi connectivity index (χ0v) is 11.9. The van der Waals surface area contributed by atoms with Gasteiger partial charge in [-0.2, -0.15) is 5.26 Å². The Kier molecular flexibility index (Phi) is 4.84. The summed E-state index contributed by atoms with van der Waals surface area (Å²) in [5.74, 6) is -1.22. The first kappa shape index (κ1) is 15.2. The van der Waals surface area contributed by atoms with E-state index in [1.807, 2.05) is 0 Å². The number of nitrogens with zero attached hydrogens (tertiary/aromatic N) is 1. The number of esters is 1. The number of hydrogen-bond donors (Lipinski definition) is 0. The molecule has 0 radical (unpaired) electrons. The van der Waals surface area contributed by atoms with Gasteiger partial charge in [0.05, 0.1) is 12.7 Å². The van der Waals surface area contributed by atoms with E-state index in [2.05, 4.69) is 4.74 Å². The molecule has 0 saturated carbocycles. The van der Waals surface area contributed by atoms with Gasteiger partial charge in [0.15, 0.2) is 5.78 Å². The first-order chi connectivity index (χ1) is 10.7. The van der Waals surface area contributed by atoms with Crippen molar-refractivity contribution in [1.82, 2.24) is 0 Å². The van der Waals surface area contributed by atoms with Gasteiger partial charge in [0.2, 0.25) is 0 Å². The van der Waals surface area contributed by atoms with Gasteiger partial charge in [0, 0.05) is 5.56 Å². The second-order valence-corrected chi connectivity index (χ2v) is 4.41. The van der Waals surface area contributed by atoms with E-state index in [0.29, 0.717) is 11.1 Å². The van der Waals surface area contributed by atoms with Crippen molar-refractivity contribution < 1.29 is 14.3 Å². The molecule has 2 rings (SSSR count). The van der Waals surface area contributed by atoms with Gasteiger partial charge in [-0.3, -0.25) is 4.79 Å². The molecular weight excluding hydrogens is 278 g/mol. The van der Waals surface area contributed by atoms with Crippen LogP contribution in [0, 0.1) is 11.3 Å². The zero-order chi connectivity index (χ0) is 15.9. The van der Waals surface area contributed by atoms with Gasteiger partial charge in [0.1, 0.15) is 11.6 Å². The van der Waals surface area contributed by atoms with Crippen molar-refractivity contribution in [3.8, 4) is 6.07 Å². The van der Waals surface area contributed by atoms with Crippen molar-refractivity contribution in [1.29, 1.82) is 5.26 Å². The summed E-state index contributed by atoms with van der Waals surface area (Å²) in [6, 6.07) is 18.9. The summed E-state index contributed by atoms with van der Waals surface area (Å²) in [4.78, 5) is 24.6. The molecule has 0 aliphatic heterocycles. The minimum Gasteiger partial charge on any atom is -0.465 e. The summed E-state index contributed by atoms with van der Waals surface area (Å²) < 4.78 is 4.62. The highest BCUT2D eigenvalue weighted by atomic mass is 16.5. The molecule has 0 aromatic heterocycles. The molecule has 0 aliphatic rings. The molecular formula is C18H13NO3. The van der Waals surface area contributed by atoms with Crippen LogP contribution in [0.2, 0.25) is 0 Å². The molecule has 0 saturated heterocycles. The summed E-state index contributed by atoms with van der Waals surface area (Å²) in [5.41, 5.74) is 0.639. The number of carbonyl (C=O) groups excluding carboxylic acids is 2. The van der Waals surface area contributed by atoms with E-state index in [0.717, 1.165) is 0 Å². The lowest BCUT2D eigenvalue weighted by molar-refractivity contribution is -0.135. The van der Waals surface area contributed by atoms with Crippen LogP contribution in [0.5, 0.6) is 0 Å². The monoisotopic (exact) mass is 291 g/mol. The van der Waals surface area contributed by atoms with Crippen molar-refractivity contribution in [3.63, 3.8) is 0 Å². The number of allylic oxidation sites excluding steroid dienone is 1. The Hall–Kier alpha value is -3.19. The predicted octanol–water partition coefficient (Wildman–Crippen LogP) is 3.02. The van der Waals surface area contributed by atoms with Crippen molar-refractivity contribution in [3.05, 3.63) is 77.4 Å². The van der Waals surface area contributed by atoms with Crippen molar-refractivity contribution in [2.75, 3.05) is 7.11 Å². The van der Waals surface area contributed by atoms with E-state index < -0.39 is 11.8 Å². The standard InChI is InChI=1S/C18H13NO3/c1-22-18(21)15(12-19)16(13-8-4-2-5-9-13)17(20)14-10-6-3-7-11-14/h2-11H,1H3/b16-15+. The van der Waals surface area contributed by atoms with Crippen LogP contribution in [0.1, 0.15) is 15.9 Å². The van der Waals surface area contributed by atoms with Gasteiger partial charge in [-0.1, -0.05) is 60.7 Å². The van der Waals surface area contributed by atoms with Crippen molar-refractivity contribution in [2.45, 2.75) is 0 Å². The zero-order valence-electron chi connectivity index (χ0n) is 11.9. The minimum absolute atomic E-state index is 0.0427. The van der Waals surface area contributed by atoms with Crippen LogP contribution in [0.25, 0.3) is 5.57 Å². The van der Waals surface area contributed by atoms with Crippen LogP contribution in [0.3, 0.4) is 0 Å². The topological polar surface area (TPSA) is 67.2 Å². The molecule has 108 valence electrons. The van der Waals surface area contributed by atoms with Crippen LogP contribution >= 0.6 is 0 Å². The number of carbonyl (C=O) groups is 2. The number of hydrogen-bond acceptors (Lipinski definition) is 4. The molecule has 22 heavy (non-hydrogen) atoms. The minimum atomic E-state index is -0.828. The smallest absolute Gasteiger partial charge is 0.349 e. The van der Waals surface area contributed by atoms with E-state index in [9.17, 15) is 14.9 Å². The Morgan fingerprint density at radius 2 is 1.41 bits per heavy atom. The lowest BCUT2D eigenvalue weighted by Crippen LogP contribution is -2.12. The Balaban J connectivity index is 2.67. The maximum absolute atomic E-state index is 12.7. The largest absolute Gasteiger partial charge is 0.465 e. The second kappa shape index (κ2) is 7.00. The predicted molar refractivity (Wildman–Crippen MR) is 81.8 cm³/mol. The third-order valence-electron chi connectivity index (χ3n) is 3.08.